The molecule has 1 heterocycles. The number of carbonyl (C=O) groups is 1. The van der Waals surface area contributed by atoms with E-state index in [2.05, 4.69) is 15.3 Å². The Morgan fingerprint density at radius 3 is 2.66 bits per heavy atom. The van der Waals surface area contributed by atoms with Gasteiger partial charge in [0.05, 0.1) is 17.9 Å². The Kier molecular flexibility index (Phi) is 6.79. The number of benzene rings is 2. The van der Waals surface area contributed by atoms with Gasteiger partial charge < -0.3 is 10.1 Å². The highest BCUT2D eigenvalue weighted by Gasteiger charge is 2.11. The molecule has 6 nitrogen and oxygen atoms in total. The summed E-state index contributed by atoms with van der Waals surface area (Å²) in [5.74, 6) is -0.0289. The maximum absolute atomic E-state index is 12.6. The van der Waals surface area contributed by atoms with E-state index in [9.17, 15) is 9.59 Å². The summed E-state index contributed by atoms with van der Waals surface area (Å²) in [4.78, 5) is 32.0. The summed E-state index contributed by atoms with van der Waals surface area (Å²) < 4.78 is 5.24. The first-order valence-electron chi connectivity index (χ1n) is 9.74. The lowest BCUT2D eigenvalue weighted by Gasteiger charge is -2.10. The monoisotopic (exact) mass is 391 g/mol. The summed E-state index contributed by atoms with van der Waals surface area (Å²) in [6.45, 7) is 4.27. The Labute approximate surface area is 170 Å². The third-order valence-electron chi connectivity index (χ3n) is 4.54. The standard InChI is InChI=1S/C23H25N3O3/c1-3-4-13-29-22(28)18-11-8-12-19(15-18)25-23-24-16(2)20(21(27)26-23)14-17-9-6-5-7-10-17/h5-12,15H,3-4,13-14H2,1-2H3,(H2,24,25,26,27). The third kappa shape index (κ3) is 5.54. The molecule has 0 atom stereocenters. The van der Waals surface area contributed by atoms with Gasteiger partial charge in [-0.1, -0.05) is 49.7 Å². The molecule has 0 aliphatic heterocycles. The highest BCUT2D eigenvalue weighted by molar-refractivity contribution is 5.90. The van der Waals surface area contributed by atoms with Crippen LogP contribution in [0.15, 0.2) is 59.4 Å². The van der Waals surface area contributed by atoms with Crippen molar-refractivity contribution in [2.45, 2.75) is 33.1 Å². The number of hydrogen-bond donors (Lipinski definition) is 2. The lowest BCUT2D eigenvalue weighted by Crippen LogP contribution is -2.18. The quantitative estimate of drug-likeness (QED) is 0.440. The molecule has 0 radical (unpaired) electrons. The number of nitrogens with one attached hydrogen (secondary N) is 2. The largest absolute Gasteiger partial charge is 0.462 e. The molecule has 0 saturated carbocycles. The van der Waals surface area contributed by atoms with Crippen LogP contribution in [0.5, 0.6) is 0 Å². The maximum Gasteiger partial charge on any atom is 0.338 e. The van der Waals surface area contributed by atoms with E-state index in [0.717, 1.165) is 18.4 Å². The van der Waals surface area contributed by atoms with Crippen molar-refractivity contribution in [3.63, 3.8) is 0 Å². The topological polar surface area (TPSA) is 84.1 Å². The normalized spacial score (nSPS) is 10.6. The maximum atomic E-state index is 12.6. The van der Waals surface area contributed by atoms with Crippen molar-refractivity contribution in [1.82, 2.24) is 9.97 Å². The van der Waals surface area contributed by atoms with E-state index in [1.54, 1.807) is 24.3 Å². The molecule has 6 heteroatoms. The number of carbonyl (C=O) groups excluding carboxylic acids is 1. The summed E-state index contributed by atoms with van der Waals surface area (Å²) in [7, 11) is 0. The zero-order chi connectivity index (χ0) is 20.6. The van der Waals surface area contributed by atoms with Crippen LogP contribution < -0.4 is 10.9 Å². The van der Waals surface area contributed by atoms with Gasteiger partial charge in [0.15, 0.2) is 0 Å². The number of unbranched alkanes of at least 4 members (excludes halogenated alkanes) is 1. The van der Waals surface area contributed by atoms with E-state index in [1.807, 2.05) is 44.2 Å². The Morgan fingerprint density at radius 1 is 1.14 bits per heavy atom. The molecule has 0 saturated heterocycles. The molecule has 29 heavy (non-hydrogen) atoms. The predicted molar refractivity (Wildman–Crippen MR) is 114 cm³/mol. The van der Waals surface area contributed by atoms with Crippen molar-refractivity contribution < 1.29 is 9.53 Å². The van der Waals surface area contributed by atoms with Crippen LogP contribution in [0.4, 0.5) is 11.6 Å². The first-order valence-corrected chi connectivity index (χ1v) is 9.74. The van der Waals surface area contributed by atoms with Gasteiger partial charge in [0.1, 0.15) is 0 Å². The molecule has 0 amide bonds. The molecular formula is C23H25N3O3. The van der Waals surface area contributed by atoms with E-state index < -0.39 is 0 Å². The summed E-state index contributed by atoms with van der Waals surface area (Å²) >= 11 is 0. The smallest absolute Gasteiger partial charge is 0.338 e. The fourth-order valence-electron chi connectivity index (χ4n) is 2.93. The van der Waals surface area contributed by atoms with Crippen LogP contribution in [-0.2, 0) is 11.2 Å². The van der Waals surface area contributed by atoms with Crippen LogP contribution in [0.3, 0.4) is 0 Å². The van der Waals surface area contributed by atoms with Crippen molar-refractivity contribution in [3.05, 3.63) is 87.3 Å². The first-order chi connectivity index (χ1) is 14.1. The molecule has 0 fully saturated rings. The predicted octanol–water partition coefficient (Wildman–Crippen LogP) is 4.37. The van der Waals surface area contributed by atoms with Crippen molar-refractivity contribution in [3.8, 4) is 0 Å². The van der Waals surface area contributed by atoms with Crippen LogP contribution in [0, 0.1) is 6.92 Å². The van der Waals surface area contributed by atoms with Crippen LogP contribution in [0.1, 0.15) is 46.9 Å². The molecule has 1 aromatic heterocycles. The number of nitrogens with zero attached hydrogens (tertiary/aromatic N) is 1. The second-order valence-corrected chi connectivity index (χ2v) is 6.84. The number of aromatic nitrogens is 2. The van der Waals surface area contributed by atoms with Gasteiger partial charge in [0.2, 0.25) is 5.95 Å². The highest BCUT2D eigenvalue weighted by atomic mass is 16.5. The van der Waals surface area contributed by atoms with Gasteiger partial charge in [-0.2, -0.15) is 0 Å². The Hall–Kier alpha value is -3.41. The molecule has 3 aromatic rings. The summed E-state index contributed by atoms with van der Waals surface area (Å²) in [5.41, 5.74) is 3.27. The Bertz CT molecular complexity index is 1030. The number of ether oxygens (including phenoxy) is 1. The number of aromatic amines is 1. The lowest BCUT2D eigenvalue weighted by molar-refractivity contribution is 0.0500. The Morgan fingerprint density at radius 2 is 1.93 bits per heavy atom. The van der Waals surface area contributed by atoms with Gasteiger partial charge in [-0.3, -0.25) is 9.78 Å². The van der Waals surface area contributed by atoms with E-state index >= 15 is 0 Å². The van der Waals surface area contributed by atoms with E-state index in [0.29, 0.717) is 41.5 Å². The van der Waals surface area contributed by atoms with Crippen molar-refractivity contribution in [1.29, 1.82) is 0 Å². The van der Waals surface area contributed by atoms with Crippen LogP contribution in [0.25, 0.3) is 0 Å². The van der Waals surface area contributed by atoms with Crippen LogP contribution in [0.2, 0.25) is 0 Å². The molecule has 150 valence electrons. The van der Waals surface area contributed by atoms with Gasteiger partial charge >= 0.3 is 5.97 Å². The minimum Gasteiger partial charge on any atom is -0.462 e. The average molecular weight is 391 g/mol. The van der Waals surface area contributed by atoms with Gasteiger partial charge in [-0.05, 0) is 37.1 Å². The van der Waals surface area contributed by atoms with E-state index in [1.165, 1.54) is 0 Å². The van der Waals surface area contributed by atoms with Crippen molar-refractivity contribution in [2.75, 3.05) is 11.9 Å². The van der Waals surface area contributed by atoms with Crippen LogP contribution in [-0.4, -0.2) is 22.5 Å². The molecule has 0 bridgehead atoms. The van der Waals surface area contributed by atoms with Crippen LogP contribution >= 0.6 is 0 Å². The summed E-state index contributed by atoms with van der Waals surface area (Å²) in [5, 5.41) is 3.06. The summed E-state index contributed by atoms with van der Waals surface area (Å²) in [6, 6.07) is 16.7. The van der Waals surface area contributed by atoms with E-state index in [-0.39, 0.29) is 11.5 Å². The number of rotatable bonds is 8. The summed E-state index contributed by atoms with van der Waals surface area (Å²) in [6.07, 6.45) is 2.32. The number of aryl methyl sites for hydroxylation is 1. The van der Waals surface area contributed by atoms with Gasteiger partial charge in [-0.25, -0.2) is 9.78 Å². The molecule has 2 aromatic carbocycles. The van der Waals surface area contributed by atoms with Crippen molar-refractivity contribution in [2.24, 2.45) is 0 Å². The molecular weight excluding hydrogens is 366 g/mol. The number of esters is 1. The Balaban J connectivity index is 1.74. The fourth-order valence-corrected chi connectivity index (χ4v) is 2.93. The second kappa shape index (κ2) is 9.68. The first kappa shape index (κ1) is 20.3. The second-order valence-electron chi connectivity index (χ2n) is 6.84. The molecule has 0 unspecified atom stereocenters. The molecule has 0 aliphatic carbocycles. The highest BCUT2D eigenvalue weighted by Crippen LogP contribution is 2.16. The van der Waals surface area contributed by atoms with Gasteiger partial charge in [-0.15, -0.1) is 0 Å². The van der Waals surface area contributed by atoms with Gasteiger partial charge in [0.25, 0.3) is 5.56 Å². The zero-order valence-electron chi connectivity index (χ0n) is 16.7. The molecule has 2 N–H and O–H groups in total. The minimum atomic E-state index is -0.363. The average Bonchev–Trinajstić information content (AvgIpc) is 2.72. The molecule has 0 aliphatic rings. The minimum absolute atomic E-state index is 0.181. The van der Waals surface area contributed by atoms with Crippen molar-refractivity contribution >= 4 is 17.6 Å². The molecule has 3 rings (SSSR count). The number of anilines is 2. The SMILES string of the molecule is CCCCOC(=O)c1cccc(Nc2nc(C)c(Cc3ccccc3)c(=O)[nH]2)c1. The third-order valence-corrected chi connectivity index (χ3v) is 4.54. The molecule has 0 spiro atoms. The zero-order valence-corrected chi connectivity index (χ0v) is 16.7. The lowest BCUT2D eigenvalue weighted by atomic mass is 10.1. The van der Waals surface area contributed by atoms with Gasteiger partial charge in [0, 0.05) is 17.7 Å². The fraction of sp³-hybridized carbons (Fsp3) is 0.261. The number of H-pyrrole nitrogens is 1. The number of hydrogen-bond acceptors (Lipinski definition) is 5. The van der Waals surface area contributed by atoms with E-state index in [4.69, 9.17) is 4.74 Å².